The summed E-state index contributed by atoms with van der Waals surface area (Å²) in [4.78, 5) is 13.0. The van der Waals surface area contributed by atoms with Crippen molar-refractivity contribution in [3.8, 4) is 5.75 Å². The summed E-state index contributed by atoms with van der Waals surface area (Å²) < 4.78 is 5.78. The number of hydrogen-bond acceptors (Lipinski definition) is 5. The summed E-state index contributed by atoms with van der Waals surface area (Å²) in [6.45, 7) is 3.40. The van der Waals surface area contributed by atoms with Gasteiger partial charge in [-0.05, 0) is 19.8 Å². The summed E-state index contributed by atoms with van der Waals surface area (Å²) in [5.74, 6) is 0.661. The van der Waals surface area contributed by atoms with Crippen LogP contribution < -0.4 is 9.64 Å². The Kier molecular flexibility index (Phi) is 3.05. The van der Waals surface area contributed by atoms with Gasteiger partial charge in [-0.3, -0.25) is 10.1 Å². The third kappa shape index (κ3) is 2.10. The molecule has 1 saturated heterocycles. The third-order valence-electron chi connectivity index (χ3n) is 4.06. The van der Waals surface area contributed by atoms with Crippen LogP contribution >= 0.6 is 0 Å². The molecule has 1 fully saturated rings. The van der Waals surface area contributed by atoms with E-state index in [1.54, 1.807) is 12.1 Å². The van der Waals surface area contributed by atoms with Crippen molar-refractivity contribution in [3.63, 3.8) is 0 Å². The van der Waals surface area contributed by atoms with Gasteiger partial charge in [-0.1, -0.05) is 0 Å². The number of ether oxygens (including phenoxy) is 1. The maximum atomic E-state index is 11.3. The Bertz CT molecular complexity index is 554. The third-order valence-corrected chi connectivity index (χ3v) is 4.06. The Labute approximate surface area is 117 Å². The summed E-state index contributed by atoms with van der Waals surface area (Å²) in [5, 5.41) is 20.7. The molecule has 3 rings (SSSR count). The number of nitro groups is 1. The number of rotatable bonds is 3. The minimum atomic E-state index is -0.667. The molecule has 0 aliphatic carbocycles. The Hall–Kier alpha value is -1.82. The molecule has 1 aromatic rings. The summed E-state index contributed by atoms with van der Waals surface area (Å²) in [7, 11) is 0. The Morgan fingerprint density at radius 3 is 2.75 bits per heavy atom. The van der Waals surface area contributed by atoms with E-state index in [-0.39, 0.29) is 17.2 Å². The molecule has 2 aliphatic rings. The molecule has 1 aromatic carbocycles. The first-order valence-corrected chi connectivity index (χ1v) is 6.88. The van der Waals surface area contributed by atoms with Crippen LogP contribution in [0.1, 0.15) is 25.3 Å². The lowest BCUT2D eigenvalue weighted by Gasteiger charge is -2.21. The molecule has 2 heterocycles. The molecule has 1 N–H and O–H groups in total. The van der Waals surface area contributed by atoms with Gasteiger partial charge in [0.25, 0.3) is 5.69 Å². The van der Waals surface area contributed by atoms with Crippen molar-refractivity contribution >= 4 is 11.4 Å². The summed E-state index contributed by atoms with van der Waals surface area (Å²) >= 11 is 0. The normalized spacial score (nSPS) is 24.6. The average molecular weight is 278 g/mol. The quantitative estimate of drug-likeness (QED) is 0.675. The molecule has 108 valence electrons. The van der Waals surface area contributed by atoms with E-state index in [1.807, 2.05) is 11.8 Å². The summed E-state index contributed by atoms with van der Waals surface area (Å²) in [5.41, 5.74) is 0.904. The van der Waals surface area contributed by atoms with E-state index >= 15 is 0 Å². The van der Waals surface area contributed by atoms with E-state index in [4.69, 9.17) is 4.74 Å². The SMILES string of the molecule is CC1(CO)Cc2cc([N+](=O)[O-])c(N3CCCC3)cc2O1. The minimum Gasteiger partial charge on any atom is -0.484 e. The molecule has 2 aliphatic heterocycles. The molecule has 1 unspecified atom stereocenters. The maximum absolute atomic E-state index is 11.3. The van der Waals surface area contributed by atoms with Gasteiger partial charge in [-0.25, -0.2) is 0 Å². The van der Waals surface area contributed by atoms with Gasteiger partial charge in [0.2, 0.25) is 0 Å². The first-order chi connectivity index (χ1) is 9.52. The predicted molar refractivity (Wildman–Crippen MR) is 74.4 cm³/mol. The van der Waals surface area contributed by atoms with Crippen LogP contribution in [0.2, 0.25) is 0 Å². The van der Waals surface area contributed by atoms with Crippen molar-refractivity contribution in [2.75, 3.05) is 24.6 Å². The highest BCUT2D eigenvalue weighted by Gasteiger charge is 2.37. The van der Waals surface area contributed by atoms with Crippen LogP contribution in [0.25, 0.3) is 0 Å². The number of anilines is 1. The fraction of sp³-hybridized carbons (Fsp3) is 0.571. The van der Waals surface area contributed by atoms with Crippen LogP contribution in [-0.2, 0) is 6.42 Å². The van der Waals surface area contributed by atoms with Crippen molar-refractivity contribution in [2.24, 2.45) is 0 Å². The second-order valence-corrected chi connectivity index (χ2v) is 5.79. The van der Waals surface area contributed by atoms with Crippen LogP contribution in [0.3, 0.4) is 0 Å². The molecule has 0 saturated carbocycles. The van der Waals surface area contributed by atoms with Gasteiger partial charge in [0, 0.05) is 37.2 Å². The standard InChI is InChI=1S/C14H18N2O4/c1-14(9-17)8-10-6-12(16(18)19)11(7-13(10)20-14)15-4-2-3-5-15/h6-7,17H,2-5,8-9H2,1H3. The second kappa shape index (κ2) is 4.63. The van der Waals surface area contributed by atoms with Gasteiger partial charge in [-0.2, -0.15) is 0 Å². The zero-order valence-corrected chi connectivity index (χ0v) is 11.5. The van der Waals surface area contributed by atoms with Gasteiger partial charge in [0.05, 0.1) is 11.5 Å². The first kappa shape index (κ1) is 13.2. The molecule has 6 nitrogen and oxygen atoms in total. The van der Waals surface area contributed by atoms with Crippen LogP contribution in [0.4, 0.5) is 11.4 Å². The van der Waals surface area contributed by atoms with Gasteiger partial charge in [-0.15, -0.1) is 0 Å². The van der Waals surface area contributed by atoms with E-state index in [1.165, 1.54) is 0 Å². The molecular weight excluding hydrogens is 260 g/mol. The number of nitrogens with zero attached hydrogens (tertiary/aromatic N) is 2. The van der Waals surface area contributed by atoms with E-state index < -0.39 is 5.60 Å². The maximum Gasteiger partial charge on any atom is 0.293 e. The highest BCUT2D eigenvalue weighted by molar-refractivity contribution is 5.69. The fourth-order valence-electron chi connectivity index (χ4n) is 2.98. The summed E-state index contributed by atoms with van der Waals surface area (Å²) in [6.07, 6.45) is 2.62. The van der Waals surface area contributed by atoms with Crippen LogP contribution in [-0.4, -0.2) is 35.3 Å². The minimum absolute atomic E-state index is 0.103. The molecule has 0 amide bonds. The molecule has 0 aromatic heterocycles. The molecular formula is C14H18N2O4. The molecule has 0 bridgehead atoms. The van der Waals surface area contributed by atoms with E-state index in [2.05, 4.69) is 0 Å². The molecule has 0 radical (unpaired) electrons. The largest absolute Gasteiger partial charge is 0.484 e. The lowest BCUT2D eigenvalue weighted by molar-refractivity contribution is -0.384. The fourth-order valence-corrected chi connectivity index (χ4v) is 2.98. The van der Waals surface area contributed by atoms with Crippen LogP contribution in [0, 0.1) is 10.1 Å². The molecule has 0 spiro atoms. The number of benzene rings is 1. The van der Waals surface area contributed by atoms with E-state index in [9.17, 15) is 15.2 Å². The smallest absolute Gasteiger partial charge is 0.293 e. The number of aliphatic hydroxyl groups excluding tert-OH is 1. The van der Waals surface area contributed by atoms with Gasteiger partial charge < -0.3 is 14.7 Å². The number of aliphatic hydroxyl groups is 1. The van der Waals surface area contributed by atoms with Crippen LogP contribution in [0.15, 0.2) is 12.1 Å². The zero-order valence-electron chi connectivity index (χ0n) is 11.5. The number of nitro benzene ring substituents is 1. The van der Waals surface area contributed by atoms with Crippen molar-refractivity contribution in [3.05, 3.63) is 27.8 Å². The van der Waals surface area contributed by atoms with Crippen molar-refractivity contribution < 1.29 is 14.8 Å². The van der Waals surface area contributed by atoms with Crippen molar-refractivity contribution in [1.29, 1.82) is 0 Å². The van der Waals surface area contributed by atoms with E-state index in [0.717, 1.165) is 31.5 Å². The number of fused-ring (bicyclic) bond motifs is 1. The average Bonchev–Trinajstić information content (AvgIpc) is 3.03. The Morgan fingerprint density at radius 2 is 2.15 bits per heavy atom. The molecule has 1 atom stereocenters. The van der Waals surface area contributed by atoms with Crippen LogP contribution in [0.5, 0.6) is 5.75 Å². The second-order valence-electron chi connectivity index (χ2n) is 5.79. The number of hydrogen-bond donors (Lipinski definition) is 1. The summed E-state index contributed by atoms with van der Waals surface area (Å²) in [6, 6.07) is 3.36. The topological polar surface area (TPSA) is 75.8 Å². The van der Waals surface area contributed by atoms with Crippen molar-refractivity contribution in [1.82, 2.24) is 0 Å². The van der Waals surface area contributed by atoms with Crippen molar-refractivity contribution in [2.45, 2.75) is 31.8 Å². The van der Waals surface area contributed by atoms with Gasteiger partial charge in [0.1, 0.15) is 17.0 Å². The highest BCUT2D eigenvalue weighted by Crippen LogP contribution is 2.42. The Morgan fingerprint density at radius 1 is 1.45 bits per heavy atom. The first-order valence-electron chi connectivity index (χ1n) is 6.88. The molecule has 20 heavy (non-hydrogen) atoms. The Balaban J connectivity index is 2.03. The predicted octanol–water partition coefficient (Wildman–Crippen LogP) is 1.88. The monoisotopic (exact) mass is 278 g/mol. The zero-order chi connectivity index (χ0) is 14.3. The highest BCUT2D eigenvalue weighted by atomic mass is 16.6. The van der Waals surface area contributed by atoms with E-state index in [0.29, 0.717) is 17.9 Å². The van der Waals surface area contributed by atoms with Gasteiger partial charge >= 0.3 is 0 Å². The lowest BCUT2D eigenvalue weighted by atomic mass is 9.99. The molecule has 6 heteroatoms. The van der Waals surface area contributed by atoms with Gasteiger partial charge in [0.15, 0.2) is 0 Å². The lowest BCUT2D eigenvalue weighted by Crippen LogP contribution is -2.34.